The van der Waals surface area contributed by atoms with E-state index in [1.54, 1.807) is 0 Å². The first-order valence-corrected chi connectivity index (χ1v) is 3.75. The molecule has 0 fully saturated rings. The molecule has 1 aliphatic carbocycles. The van der Waals surface area contributed by atoms with Gasteiger partial charge in [-0.15, -0.1) is 0 Å². The van der Waals surface area contributed by atoms with E-state index in [9.17, 15) is 4.79 Å². The average Bonchev–Trinajstić information content (AvgIpc) is 2.05. The van der Waals surface area contributed by atoms with Gasteiger partial charge in [0.25, 0.3) is 0 Å². The standard InChI is InChI=1S/C9H12O/c1-8(7-10)9-5-3-2-4-6-9/h5H,2-4,6H2,1H3. The zero-order chi connectivity index (χ0) is 7.40. The predicted octanol–water partition coefficient (Wildman–Crippen LogP) is 2.26. The molecule has 0 saturated carbocycles. The molecule has 54 valence electrons. The molecule has 0 aromatic heterocycles. The van der Waals surface area contributed by atoms with Gasteiger partial charge in [0.05, 0.1) is 0 Å². The lowest BCUT2D eigenvalue weighted by molar-refractivity contribution is 0.566. The summed E-state index contributed by atoms with van der Waals surface area (Å²) in [7, 11) is 0. The molecule has 0 aliphatic heterocycles. The minimum atomic E-state index is 0.791. The average molecular weight is 136 g/mol. The quantitative estimate of drug-likeness (QED) is 0.505. The molecule has 10 heavy (non-hydrogen) atoms. The van der Waals surface area contributed by atoms with E-state index in [-0.39, 0.29) is 0 Å². The lowest BCUT2D eigenvalue weighted by atomic mass is 9.95. The topological polar surface area (TPSA) is 17.1 Å². The van der Waals surface area contributed by atoms with Crippen molar-refractivity contribution in [2.45, 2.75) is 32.6 Å². The van der Waals surface area contributed by atoms with E-state index in [0.717, 1.165) is 18.4 Å². The summed E-state index contributed by atoms with van der Waals surface area (Å²) in [6.07, 6.45) is 6.86. The van der Waals surface area contributed by atoms with E-state index in [1.807, 2.05) is 12.9 Å². The molecule has 0 unspecified atom stereocenters. The Morgan fingerprint density at radius 3 is 2.90 bits per heavy atom. The van der Waals surface area contributed by atoms with Gasteiger partial charge in [0.15, 0.2) is 0 Å². The Kier molecular flexibility index (Phi) is 2.47. The zero-order valence-electron chi connectivity index (χ0n) is 6.31. The number of hydrogen-bond donors (Lipinski definition) is 0. The Balaban J connectivity index is 2.71. The zero-order valence-corrected chi connectivity index (χ0v) is 6.31. The minimum absolute atomic E-state index is 0.791. The van der Waals surface area contributed by atoms with Crippen LogP contribution in [-0.4, -0.2) is 5.94 Å². The van der Waals surface area contributed by atoms with Gasteiger partial charge < -0.3 is 0 Å². The highest BCUT2D eigenvalue weighted by molar-refractivity contribution is 5.59. The summed E-state index contributed by atoms with van der Waals surface area (Å²) in [6.45, 7) is 1.84. The molecule has 0 aromatic rings. The van der Waals surface area contributed by atoms with Gasteiger partial charge in [-0.2, -0.15) is 0 Å². The molecule has 0 atom stereocenters. The van der Waals surface area contributed by atoms with E-state index in [1.165, 1.54) is 18.4 Å². The van der Waals surface area contributed by atoms with Crippen molar-refractivity contribution in [2.75, 3.05) is 0 Å². The van der Waals surface area contributed by atoms with Gasteiger partial charge in [0.2, 0.25) is 0 Å². The predicted molar refractivity (Wildman–Crippen MR) is 41.4 cm³/mol. The van der Waals surface area contributed by atoms with Crippen LogP contribution in [0.3, 0.4) is 0 Å². The molecule has 0 N–H and O–H groups in total. The second-order valence-electron chi connectivity index (χ2n) is 2.70. The van der Waals surface area contributed by atoms with Crippen molar-refractivity contribution in [2.24, 2.45) is 0 Å². The van der Waals surface area contributed by atoms with Crippen molar-refractivity contribution in [3.05, 3.63) is 17.2 Å². The number of allylic oxidation sites excluding steroid dienone is 3. The van der Waals surface area contributed by atoms with Gasteiger partial charge in [-0.1, -0.05) is 6.08 Å². The highest BCUT2D eigenvalue weighted by atomic mass is 16.1. The molecule has 1 nitrogen and oxygen atoms in total. The molecule has 0 bridgehead atoms. The normalized spacial score (nSPS) is 17.5. The summed E-state index contributed by atoms with van der Waals surface area (Å²) in [5.41, 5.74) is 2.00. The number of hydrogen-bond acceptors (Lipinski definition) is 1. The lowest BCUT2D eigenvalue weighted by Gasteiger charge is -2.09. The van der Waals surface area contributed by atoms with E-state index < -0.39 is 0 Å². The second-order valence-corrected chi connectivity index (χ2v) is 2.70. The molecule has 1 aliphatic rings. The van der Waals surface area contributed by atoms with E-state index in [2.05, 4.69) is 6.08 Å². The Morgan fingerprint density at radius 2 is 2.40 bits per heavy atom. The first kappa shape index (κ1) is 7.30. The Bertz CT molecular complexity index is 195. The van der Waals surface area contributed by atoms with Crippen LogP contribution in [0.4, 0.5) is 0 Å². The van der Waals surface area contributed by atoms with Crippen LogP contribution in [0.2, 0.25) is 0 Å². The summed E-state index contributed by atoms with van der Waals surface area (Å²) in [6, 6.07) is 0. The van der Waals surface area contributed by atoms with Crippen LogP contribution in [0, 0.1) is 0 Å². The van der Waals surface area contributed by atoms with Crippen LogP contribution >= 0.6 is 0 Å². The summed E-state index contributed by atoms with van der Waals surface area (Å²) in [4.78, 5) is 10.2. The fraction of sp³-hybridized carbons (Fsp3) is 0.556. The highest BCUT2D eigenvalue weighted by Gasteiger charge is 2.04. The molecule has 0 saturated heterocycles. The monoisotopic (exact) mass is 136 g/mol. The van der Waals surface area contributed by atoms with Gasteiger partial charge in [0.1, 0.15) is 5.94 Å². The van der Waals surface area contributed by atoms with Gasteiger partial charge in [-0.05, 0) is 38.2 Å². The van der Waals surface area contributed by atoms with E-state index in [4.69, 9.17) is 0 Å². The van der Waals surface area contributed by atoms with Crippen LogP contribution in [0.5, 0.6) is 0 Å². The van der Waals surface area contributed by atoms with Crippen LogP contribution < -0.4 is 0 Å². The van der Waals surface area contributed by atoms with Gasteiger partial charge in [-0.3, -0.25) is 0 Å². The SMILES string of the molecule is CC(=C=O)C1=CCCCC1. The van der Waals surface area contributed by atoms with Crippen LogP contribution in [0.1, 0.15) is 32.6 Å². The Morgan fingerprint density at radius 1 is 1.60 bits per heavy atom. The van der Waals surface area contributed by atoms with Crippen molar-refractivity contribution in [3.63, 3.8) is 0 Å². The number of rotatable bonds is 1. The molecule has 0 amide bonds. The molecule has 1 rings (SSSR count). The van der Waals surface area contributed by atoms with Gasteiger partial charge in [-0.25, -0.2) is 4.79 Å². The minimum Gasteiger partial charge on any atom is -0.233 e. The first-order chi connectivity index (χ1) is 4.84. The summed E-state index contributed by atoms with van der Waals surface area (Å²) in [5, 5.41) is 0. The molecule has 0 radical (unpaired) electrons. The lowest BCUT2D eigenvalue weighted by Crippen LogP contribution is -1.93. The van der Waals surface area contributed by atoms with Crippen molar-refractivity contribution in [1.82, 2.24) is 0 Å². The molecule has 0 aromatic carbocycles. The fourth-order valence-electron chi connectivity index (χ4n) is 1.24. The van der Waals surface area contributed by atoms with Gasteiger partial charge in [0, 0.05) is 5.57 Å². The van der Waals surface area contributed by atoms with Crippen molar-refractivity contribution in [3.8, 4) is 0 Å². The van der Waals surface area contributed by atoms with Crippen molar-refractivity contribution >= 4 is 5.94 Å². The van der Waals surface area contributed by atoms with E-state index >= 15 is 0 Å². The fourth-order valence-corrected chi connectivity index (χ4v) is 1.24. The maximum atomic E-state index is 10.2. The molecule has 0 heterocycles. The summed E-state index contributed by atoms with van der Waals surface area (Å²) in [5.74, 6) is 1.93. The van der Waals surface area contributed by atoms with Gasteiger partial charge >= 0.3 is 0 Å². The smallest absolute Gasteiger partial charge is 0.127 e. The van der Waals surface area contributed by atoms with Crippen LogP contribution in [0.25, 0.3) is 0 Å². The maximum absolute atomic E-state index is 10.2. The first-order valence-electron chi connectivity index (χ1n) is 3.75. The third-order valence-electron chi connectivity index (χ3n) is 1.93. The molecule has 0 spiro atoms. The Labute approximate surface area is 61.4 Å². The molecular formula is C9H12O. The second kappa shape index (κ2) is 3.38. The molecule has 1 heteroatoms. The third kappa shape index (κ3) is 1.58. The highest BCUT2D eigenvalue weighted by Crippen LogP contribution is 2.21. The van der Waals surface area contributed by atoms with Crippen molar-refractivity contribution in [1.29, 1.82) is 0 Å². The summed E-state index contributed by atoms with van der Waals surface area (Å²) >= 11 is 0. The maximum Gasteiger partial charge on any atom is 0.127 e. The number of carbonyl (C=O) groups excluding carboxylic acids is 1. The molecular weight excluding hydrogens is 124 g/mol. The van der Waals surface area contributed by atoms with Crippen LogP contribution in [0.15, 0.2) is 17.2 Å². The van der Waals surface area contributed by atoms with Crippen LogP contribution in [-0.2, 0) is 4.79 Å². The van der Waals surface area contributed by atoms with Crippen molar-refractivity contribution < 1.29 is 4.79 Å². The third-order valence-corrected chi connectivity index (χ3v) is 1.93. The largest absolute Gasteiger partial charge is 0.233 e. The van der Waals surface area contributed by atoms with E-state index in [0.29, 0.717) is 0 Å². The summed E-state index contributed by atoms with van der Waals surface area (Å²) < 4.78 is 0. The Hall–Kier alpha value is -0.810.